The predicted octanol–water partition coefficient (Wildman–Crippen LogP) is 6.33. The number of hydrogen-bond donors (Lipinski definition) is 0. The Hall–Kier alpha value is -3.59. The van der Waals surface area contributed by atoms with Gasteiger partial charge in [0.05, 0.1) is 7.11 Å². The molecule has 0 radical (unpaired) electrons. The molecule has 0 fully saturated rings. The van der Waals surface area contributed by atoms with E-state index in [1.165, 1.54) is 0 Å². The summed E-state index contributed by atoms with van der Waals surface area (Å²) in [6.45, 7) is 4.37. The topological polar surface area (TPSA) is 35.3 Å². The number of allylic oxidation sites excluding steroid dienone is 2. The average molecular weight is 365 g/mol. The zero-order valence-corrected chi connectivity index (χ0v) is 15.6. The number of methoxy groups -OCH3 is 1. The van der Waals surface area contributed by atoms with Crippen molar-refractivity contribution < 1.29 is 9.15 Å². The first kappa shape index (κ1) is 16.6. The normalized spacial score (nSPS) is 15.6. The van der Waals surface area contributed by atoms with Crippen molar-refractivity contribution in [2.75, 3.05) is 7.11 Å². The molecule has 1 aliphatic rings. The summed E-state index contributed by atoms with van der Waals surface area (Å²) in [5, 5.41) is 0. The number of oxazole rings is 1. The van der Waals surface area contributed by atoms with E-state index < -0.39 is 0 Å². The molecule has 0 saturated carbocycles. The van der Waals surface area contributed by atoms with Crippen molar-refractivity contribution >= 4 is 22.7 Å². The highest BCUT2D eigenvalue weighted by molar-refractivity contribution is 5.85. The molecular weight excluding hydrogens is 346 g/mol. The highest BCUT2D eigenvalue weighted by Gasteiger charge is 2.21. The highest BCUT2D eigenvalue weighted by Crippen LogP contribution is 2.40. The minimum Gasteiger partial charge on any atom is -0.497 e. The lowest BCUT2D eigenvalue weighted by Crippen LogP contribution is -2.04. The minimum absolute atomic E-state index is 0.113. The van der Waals surface area contributed by atoms with Crippen molar-refractivity contribution in [1.82, 2.24) is 4.98 Å². The van der Waals surface area contributed by atoms with E-state index in [-0.39, 0.29) is 5.92 Å². The van der Waals surface area contributed by atoms with Crippen molar-refractivity contribution in [1.29, 1.82) is 0 Å². The van der Waals surface area contributed by atoms with Gasteiger partial charge in [-0.05, 0) is 58.7 Å². The summed E-state index contributed by atoms with van der Waals surface area (Å²) in [5.41, 5.74) is 7.14. The Morgan fingerprint density at radius 3 is 2.68 bits per heavy atom. The van der Waals surface area contributed by atoms with E-state index in [0.717, 1.165) is 44.7 Å². The molecule has 1 heterocycles. The van der Waals surface area contributed by atoms with Crippen molar-refractivity contribution in [3.63, 3.8) is 0 Å². The second-order valence-electron chi connectivity index (χ2n) is 6.93. The fourth-order valence-corrected chi connectivity index (χ4v) is 3.74. The molecule has 5 rings (SSSR count). The van der Waals surface area contributed by atoms with E-state index in [1.807, 2.05) is 48.5 Å². The number of aromatic nitrogens is 1. The first-order valence-electron chi connectivity index (χ1n) is 9.24. The van der Waals surface area contributed by atoms with Gasteiger partial charge in [0.15, 0.2) is 5.58 Å². The molecule has 0 amide bonds. The fourth-order valence-electron chi connectivity index (χ4n) is 3.74. The Morgan fingerprint density at radius 2 is 1.86 bits per heavy atom. The molecule has 0 bridgehead atoms. The average Bonchev–Trinajstić information content (AvgIpc) is 3.18. The number of nitrogens with zero attached hydrogens (tertiary/aromatic N) is 1. The van der Waals surface area contributed by atoms with Crippen LogP contribution in [-0.2, 0) is 0 Å². The number of ether oxygens (including phenoxy) is 1. The van der Waals surface area contributed by atoms with E-state index in [4.69, 9.17) is 14.1 Å². The molecule has 28 heavy (non-hydrogen) atoms. The van der Waals surface area contributed by atoms with Crippen LogP contribution in [0.2, 0.25) is 0 Å². The summed E-state index contributed by atoms with van der Waals surface area (Å²) < 4.78 is 11.3. The second-order valence-corrected chi connectivity index (χ2v) is 6.93. The zero-order chi connectivity index (χ0) is 19.1. The van der Waals surface area contributed by atoms with E-state index >= 15 is 0 Å². The van der Waals surface area contributed by atoms with E-state index in [2.05, 4.69) is 36.9 Å². The summed E-state index contributed by atoms with van der Waals surface area (Å²) in [5.74, 6) is 1.61. The van der Waals surface area contributed by atoms with Gasteiger partial charge in [-0.3, -0.25) is 0 Å². The maximum atomic E-state index is 5.94. The van der Waals surface area contributed by atoms with E-state index in [1.54, 1.807) is 7.11 Å². The van der Waals surface area contributed by atoms with Gasteiger partial charge in [0.25, 0.3) is 0 Å². The lowest BCUT2D eigenvalue weighted by atomic mass is 9.81. The molecule has 3 aromatic carbocycles. The van der Waals surface area contributed by atoms with Crippen LogP contribution >= 0.6 is 0 Å². The third-order valence-electron chi connectivity index (χ3n) is 5.24. The van der Waals surface area contributed by atoms with Crippen LogP contribution in [0.5, 0.6) is 5.75 Å². The first-order chi connectivity index (χ1) is 13.7. The summed E-state index contributed by atoms with van der Waals surface area (Å²) in [6.07, 6.45) is 4.32. The van der Waals surface area contributed by atoms with Crippen molar-refractivity contribution in [3.8, 4) is 17.2 Å². The predicted molar refractivity (Wildman–Crippen MR) is 113 cm³/mol. The van der Waals surface area contributed by atoms with Crippen molar-refractivity contribution in [2.24, 2.45) is 0 Å². The van der Waals surface area contributed by atoms with Gasteiger partial charge >= 0.3 is 0 Å². The monoisotopic (exact) mass is 365 g/mol. The first-order valence-corrected chi connectivity index (χ1v) is 9.24. The van der Waals surface area contributed by atoms with Crippen LogP contribution in [0.25, 0.3) is 34.2 Å². The Bertz CT molecular complexity index is 1220. The van der Waals surface area contributed by atoms with Crippen LogP contribution < -0.4 is 4.74 Å². The Balaban J connectivity index is 1.52. The van der Waals surface area contributed by atoms with Crippen LogP contribution in [0.4, 0.5) is 0 Å². The van der Waals surface area contributed by atoms with E-state index in [0.29, 0.717) is 5.89 Å². The van der Waals surface area contributed by atoms with Gasteiger partial charge in [-0.15, -0.1) is 0 Å². The minimum atomic E-state index is 0.113. The molecule has 0 saturated heterocycles. The number of benzene rings is 3. The van der Waals surface area contributed by atoms with Gasteiger partial charge in [0.2, 0.25) is 5.89 Å². The quantitative estimate of drug-likeness (QED) is 0.426. The molecule has 4 aromatic rings. The van der Waals surface area contributed by atoms with Gasteiger partial charge < -0.3 is 9.15 Å². The molecule has 0 spiro atoms. The number of rotatable bonds is 3. The van der Waals surface area contributed by atoms with Crippen LogP contribution in [0, 0.1) is 0 Å². The smallest absolute Gasteiger partial charge is 0.227 e. The van der Waals surface area contributed by atoms with Crippen molar-refractivity contribution in [3.05, 3.63) is 96.1 Å². The molecular formula is C25H19NO2. The van der Waals surface area contributed by atoms with Gasteiger partial charge in [-0.1, -0.05) is 49.1 Å². The third-order valence-corrected chi connectivity index (χ3v) is 5.24. The highest BCUT2D eigenvalue weighted by atomic mass is 16.5. The largest absolute Gasteiger partial charge is 0.497 e. The molecule has 3 nitrogen and oxygen atoms in total. The van der Waals surface area contributed by atoms with Gasteiger partial charge in [-0.25, -0.2) is 4.98 Å². The third kappa shape index (κ3) is 2.72. The summed E-state index contributed by atoms with van der Waals surface area (Å²) >= 11 is 0. The van der Waals surface area contributed by atoms with Crippen LogP contribution in [-0.4, -0.2) is 12.1 Å². The van der Waals surface area contributed by atoms with Crippen LogP contribution in [0.1, 0.15) is 22.6 Å². The molecule has 0 aliphatic heterocycles. The molecule has 1 aliphatic carbocycles. The van der Waals surface area contributed by atoms with Crippen molar-refractivity contribution in [2.45, 2.75) is 5.92 Å². The second kappa shape index (κ2) is 6.54. The standard InChI is InChI=1S/C25H19NO2/c1-16-21(11-8-18-14-20(27-2)10-12-22(16)18)19-9-13-24-23(15-19)26-25(28-24)17-6-4-3-5-7-17/h3-15,21H,1H2,2H3. The molecule has 3 heteroatoms. The van der Waals surface area contributed by atoms with Gasteiger partial charge in [0, 0.05) is 11.5 Å². The lowest BCUT2D eigenvalue weighted by molar-refractivity contribution is 0.414. The van der Waals surface area contributed by atoms with Gasteiger partial charge in [-0.2, -0.15) is 0 Å². The fraction of sp³-hybridized carbons (Fsp3) is 0.0800. The number of fused-ring (bicyclic) bond motifs is 2. The van der Waals surface area contributed by atoms with Crippen LogP contribution in [0.15, 0.2) is 83.8 Å². The Kier molecular flexibility index (Phi) is 3.87. The molecule has 1 atom stereocenters. The summed E-state index contributed by atoms with van der Waals surface area (Å²) in [4.78, 5) is 4.69. The van der Waals surface area contributed by atoms with Crippen LogP contribution in [0.3, 0.4) is 0 Å². The Morgan fingerprint density at radius 1 is 1.00 bits per heavy atom. The maximum Gasteiger partial charge on any atom is 0.227 e. The molecule has 1 aromatic heterocycles. The molecule has 136 valence electrons. The van der Waals surface area contributed by atoms with E-state index in [9.17, 15) is 0 Å². The molecule has 0 N–H and O–H groups in total. The lowest BCUT2D eigenvalue weighted by Gasteiger charge is -2.23. The summed E-state index contributed by atoms with van der Waals surface area (Å²) in [7, 11) is 1.68. The SMILES string of the molecule is C=C1c2ccc(OC)cc2C=CC1c1ccc2oc(-c3ccccc3)nc2c1. The zero-order valence-electron chi connectivity index (χ0n) is 15.6. The van der Waals surface area contributed by atoms with Gasteiger partial charge in [0.1, 0.15) is 11.3 Å². The Labute approximate surface area is 163 Å². The maximum absolute atomic E-state index is 5.94. The summed E-state index contributed by atoms with van der Waals surface area (Å²) in [6, 6.07) is 22.2. The number of hydrogen-bond acceptors (Lipinski definition) is 3. The molecule has 1 unspecified atom stereocenters.